The van der Waals surface area contributed by atoms with E-state index >= 15 is 0 Å². The first kappa shape index (κ1) is 18.0. The average Bonchev–Trinajstić information content (AvgIpc) is 2.48. The molecule has 0 spiro atoms. The number of nitrogens with two attached hydrogens (primary N) is 1. The maximum atomic E-state index is 11.5. The third kappa shape index (κ3) is 6.96. The zero-order valence-electron chi connectivity index (χ0n) is 12.7. The molecule has 0 aromatic heterocycles. The smallest absolute Gasteiger partial charge is 0.344 e. The highest BCUT2D eigenvalue weighted by Gasteiger charge is 2.09. The van der Waals surface area contributed by atoms with E-state index in [0.29, 0.717) is 12.4 Å². The molecule has 0 aliphatic rings. The number of hydrogen-bond donors (Lipinski definition) is 1. The Labute approximate surface area is 135 Å². The minimum absolute atomic E-state index is 0.0649. The van der Waals surface area contributed by atoms with Crippen molar-refractivity contribution < 1.29 is 14.3 Å². The molecule has 0 heterocycles. The quantitative estimate of drug-likeness (QED) is 0.543. The summed E-state index contributed by atoms with van der Waals surface area (Å²) in [7, 11) is 0. The van der Waals surface area contributed by atoms with Gasteiger partial charge in [-0.2, -0.15) is 0 Å². The molecule has 0 radical (unpaired) electrons. The third-order valence-corrected chi connectivity index (χ3v) is 3.91. The summed E-state index contributed by atoms with van der Waals surface area (Å²) < 4.78 is 11.5. The average molecular weight is 358 g/mol. The van der Waals surface area contributed by atoms with Crippen molar-refractivity contribution in [3.8, 4) is 5.75 Å². The van der Waals surface area contributed by atoms with E-state index in [1.165, 1.54) is 0 Å². The summed E-state index contributed by atoms with van der Waals surface area (Å²) in [6.07, 6.45) is 3.57. The summed E-state index contributed by atoms with van der Waals surface area (Å²) in [4.78, 5) is 11.5. The van der Waals surface area contributed by atoms with E-state index in [4.69, 9.17) is 15.2 Å². The molecule has 0 fully saturated rings. The first-order valence-electron chi connectivity index (χ1n) is 7.39. The first-order valence-corrected chi connectivity index (χ1v) is 8.18. The molecule has 4 nitrogen and oxygen atoms in total. The van der Waals surface area contributed by atoms with Crippen molar-refractivity contribution in [3.05, 3.63) is 28.2 Å². The summed E-state index contributed by atoms with van der Waals surface area (Å²) in [5.41, 5.74) is 7.06. The predicted octanol–water partition coefficient (Wildman–Crippen LogP) is 3.45. The fourth-order valence-electron chi connectivity index (χ4n) is 1.74. The SMILES string of the molecule is CCCCOC(=O)COc1ccc(Br)c(CC(N)CC)c1. The van der Waals surface area contributed by atoms with Crippen LogP contribution in [0.5, 0.6) is 5.75 Å². The van der Waals surface area contributed by atoms with Crippen molar-refractivity contribution in [2.75, 3.05) is 13.2 Å². The molecule has 1 aromatic carbocycles. The van der Waals surface area contributed by atoms with Crippen LogP contribution in [0.15, 0.2) is 22.7 Å². The Morgan fingerprint density at radius 2 is 2.14 bits per heavy atom. The van der Waals surface area contributed by atoms with Crippen LogP contribution in [0.3, 0.4) is 0 Å². The van der Waals surface area contributed by atoms with E-state index in [0.717, 1.165) is 35.7 Å². The molecular formula is C16H24BrNO3. The molecule has 118 valence electrons. The molecule has 1 aromatic rings. The van der Waals surface area contributed by atoms with Gasteiger partial charge in [0.05, 0.1) is 6.61 Å². The van der Waals surface area contributed by atoms with Gasteiger partial charge < -0.3 is 15.2 Å². The van der Waals surface area contributed by atoms with Gasteiger partial charge in [0.2, 0.25) is 0 Å². The molecule has 1 atom stereocenters. The van der Waals surface area contributed by atoms with Crippen molar-refractivity contribution in [1.82, 2.24) is 0 Å². The van der Waals surface area contributed by atoms with E-state index in [-0.39, 0.29) is 18.6 Å². The minimum Gasteiger partial charge on any atom is -0.482 e. The van der Waals surface area contributed by atoms with Gasteiger partial charge in [-0.15, -0.1) is 0 Å². The number of ether oxygens (including phenoxy) is 2. The summed E-state index contributed by atoms with van der Waals surface area (Å²) in [5, 5.41) is 0. The highest BCUT2D eigenvalue weighted by molar-refractivity contribution is 9.10. The third-order valence-electron chi connectivity index (χ3n) is 3.14. The van der Waals surface area contributed by atoms with Gasteiger partial charge in [-0.3, -0.25) is 0 Å². The Balaban J connectivity index is 2.52. The van der Waals surface area contributed by atoms with E-state index in [1.807, 2.05) is 18.2 Å². The van der Waals surface area contributed by atoms with E-state index < -0.39 is 0 Å². The molecule has 5 heteroatoms. The molecule has 21 heavy (non-hydrogen) atoms. The minimum atomic E-state index is -0.335. The lowest BCUT2D eigenvalue weighted by molar-refractivity contribution is -0.146. The van der Waals surface area contributed by atoms with Crippen molar-refractivity contribution >= 4 is 21.9 Å². The lowest BCUT2D eigenvalue weighted by Gasteiger charge is -2.12. The molecule has 2 N–H and O–H groups in total. The topological polar surface area (TPSA) is 61.5 Å². The van der Waals surface area contributed by atoms with Crippen LogP contribution in [-0.2, 0) is 16.0 Å². The first-order chi connectivity index (χ1) is 10.1. The Hall–Kier alpha value is -1.07. The lowest BCUT2D eigenvalue weighted by atomic mass is 10.0. The second-order valence-electron chi connectivity index (χ2n) is 4.99. The molecular weight excluding hydrogens is 334 g/mol. The second kappa shape index (κ2) is 9.79. The van der Waals surface area contributed by atoms with Crippen LogP contribution < -0.4 is 10.5 Å². The van der Waals surface area contributed by atoms with Gasteiger partial charge in [0.15, 0.2) is 6.61 Å². The van der Waals surface area contributed by atoms with Crippen molar-refractivity contribution in [2.45, 2.75) is 45.6 Å². The van der Waals surface area contributed by atoms with Gasteiger partial charge in [-0.1, -0.05) is 36.2 Å². The summed E-state index contributed by atoms with van der Waals surface area (Å²) in [6, 6.07) is 5.77. The van der Waals surface area contributed by atoms with Crippen molar-refractivity contribution in [2.24, 2.45) is 5.73 Å². The molecule has 1 rings (SSSR count). The lowest BCUT2D eigenvalue weighted by Crippen LogP contribution is -2.21. The Morgan fingerprint density at radius 3 is 2.81 bits per heavy atom. The number of benzene rings is 1. The van der Waals surface area contributed by atoms with Crippen LogP contribution in [0.2, 0.25) is 0 Å². The van der Waals surface area contributed by atoms with Crippen LogP contribution in [0.1, 0.15) is 38.7 Å². The largest absolute Gasteiger partial charge is 0.482 e. The van der Waals surface area contributed by atoms with Gasteiger partial charge >= 0.3 is 5.97 Å². The number of esters is 1. The number of carbonyl (C=O) groups is 1. The van der Waals surface area contributed by atoms with Crippen molar-refractivity contribution in [3.63, 3.8) is 0 Å². The highest BCUT2D eigenvalue weighted by atomic mass is 79.9. The van der Waals surface area contributed by atoms with Gasteiger partial charge in [0.1, 0.15) is 5.75 Å². The van der Waals surface area contributed by atoms with Gasteiger partial charge in [-0.25, -0.2) is 4.79 Å². The zero-order chi connectivity index (χ0) is 15.7. The molecule has 0 amide bonds. The molecule has 0 bridgehead atoms. The molecule has 0 saturated carbocycles. The van der Waals surface area contributed by atoms with E-state index in [1.54, 1.807) is 0 Å². The van der Waals surface area contributed by atoms with Crippen LogP contribution in [0.4, 0.5) is 0 Å². The Bertz CT molecular complexity index is 451. The Morgan fingerprint density at radius 1 is 1.38 bits per heavy atom. The van der Waals surface area contributed by atoms with Gasteiger partial charge in [0, 0.05) is 10.5 Å². The number of carbonyl (C=O) groups excluding carboxylic acids is 1. The van der Waals surface area contributed by atoms with E-state index in [9.17, 15) is 4.79 Å². The fourth-order valence-corrected chi connectivity index (χ4v) is 2.15. The van der Waals surface area contributed by atoms with Gasteiger partial charge in [-0.05, 0) is 43.0 Å². The van der Waals surface area contributed by atoms with E-state index in [2.05, 4.69) is 29.8 Å². The standard InChI is InChI=1S/C16H24BrNO3/c1-3-5-8-20-16(19)11-21-14-6-7-15(17)12(10-14)9-13(18)4-2/h6-7,10,13H,3-5,8-9,11,18H2,1-2H3. The molecule has 0 saturated heterocycles. The summed E-state index contributed by atoms with van der Waals surface area (Å²) >= 11 is 3.51. The normalized spacial score (nSPS) is 12.0. The maximum absolute atomic E-state index is 11.5. The summed E-state index contributed by atoms with van der Waals surface area (Å²) in [6.45, 7) is 4.50. The maximum Gasteiger partial charge on any atom is 0.344 e. The van der Waals surface area contributed by atoms with Crippen LogP contribution >= 0.6 is 15.9 Å². The zero-order valence-corrected chi connectivity index (χ0v) is 14.3. The number of unbranched alkanes of at least 4 members (excludes halogenated alkanes) is 1. The second-order valence-corrected chi connectivity index (χ2v) is 5.84. The van der Waals surface area contributed by atoms with Crippen LogP contribution in [-0.4, -0.2) is 25.2 Å². The number of hydrogen-bond acceptors (Lipinski definition) is 4. The number of halogens is 1. The predicted molar refractivity (Wildman–Crippen MR) is 87.5 cm³/mol. The van der Waals surface area contributed by atoms with Crippen LogP contribution in [0.25, 0.3) is 0 Å². The monoisotopic (exact) mass is 357 g/mol. The fraction of sp³-hybridized carbons (Fsp3) is 0.562. The summed E-state index contributed by atoms with van der Waals surface area (Å²) in [5.74, 6) is 0.321. The number of rotatable bonds is 9. The molecule has 0 aliphatic carbocycles. The van der Waals surface area contributed by atoms with Crippen molar-refractivity contribution in [1.29, 1.82) is 0 Å². The Kier molecular flexibility index (Phi) is 8.38. The van der Waals surface area contributed by atoms with Gasteiger partial charge in [0.25, 0.3) is 0 Å². The molecule has 0 aliphatic heterocycles. The van der Waals surface area contributed by atoms with Crippen LogP contribution in [0, 0.1) is 0 Å². The highest BCUT2D eigenvalue weighted by Crippen LogP contribution is 2.24. The molecule has 1 unspecified atom stereocenters.